The molecule has 0 N–H and O–H groups in total. The van der Waals surface area contributed by atoms with Crippen molar-refractivity contribution in [1.82, 2.24) is 14.5 Å². The summed E-state index contributed by atoms with van der Waals surface area (Å²) < 4.78 is 2.51. The minimum Gasteiger partial charge on any atom is -0.309 e. The number of nitrogens with zero attached hydrogens (tertiary/aromatic N) is 3. The molecular formula is C43H25N3. The first-order chi connectivity index (χ1) is 22.8. The van der Waals surface area contributed by atoms with Crippen LogP contribution in [0, 0.1) is 0 Å². The molecule has 9 aromatic rings. The van der Waals surface area contributed by atoms with Crippen molar-refractivity contribution in [2.24, 2.45) is 0 Å². The quantitative estimate of drug-likeness (QED) is 0.180. The van der Waals surface area contributed by atoms with Gasteiger partial charge in [0.05, 0.1) is 33.3 Å². The van der Waals surface area contributed by atoms with E-state index in [1.165, 1.54) is 60.9 Å². The van der Waals surface area contributed by atoms with E-state index in [1.807, 2.05) is 18.5 Å². The maximum atomic E-state index is 5.03. The summed E-state index contributed by atoms with van der Waals surface area (Å²) >= 11 is 0. The van der Waals surface area contributed by atoms with Gasteiger partial charge in [0.1, 0.15) is 0 Å². The van der Waals surface area contributed by atoms with Crippen molar-refractivity contribution in [3.8, 4) is 28.1 Å². The SMILES string of the molecule is c1ccc2c(c1)-c1ccccc1C21c2ccc(-c3cc4ccc5cccnc5c4cn3)cc2-n2c3ccccc3c3cccc1c32. The Morgan fingerprint density at radius 3 is 2.11 bits per heavy atom. The molecule has 0 fully saturated rings. The van der Waals surface area contributed by atoms with Crippen molar-refractivity contribution < 1.29 is 0 Å². The van der Waals surface area contributed by atoms with Gasteiger partial charge in [-0.05, 0) is 63.0 Å². The highest BCUT2D eigenvalue weighted by Gasteiger charge is 2.50. The molecule has 2 aliphatic rings. The topological polar surface area (TPSA) is 30.7 Å². The van der Waals surface area contributed by atoms with Gasteiger partial charge in [-0.25, -0.2) is 0 Å². The normalized spacial score (nSPS) is 13.8. The molecule has 0 amide bonds. The van der Waals surface area contributed by atoms with E-state index in [0.717, 1.165) is 32.9 Å². The van der Waals surface area contributed by atoms with Crippen LogP contribution in [0.25, 0.3) is 71.6 Å². The van der Waals surface area contributed by atoms with Gasteiger partial charge in [-0.1, -0.05) is 115 Å². The average molecular weight is 584 g/mol. The molecule has 212 valence electrons. The van der Waals surface area contributed by atoms with Gasteiger partial charge in [0.25, 0.3) is 0 Å². The van der Waals surface area contributed by atoms with Gasteiger partial charge >= 0.3 is 0 Å². The average Bonchev–Trinajstić information content (AvgIpc) is 3.62. The lowest BCUT2D eigenvalue weighted by Gasteiger charge is -2.39. The van der Waals surface area contributed by atoms with Crippen molar-refractivity contribution >= 4 is 43.5 Å². The summed E-state index contributed by atoms with van der Waals surface area (Å²) in [5, 5.41) is 5.90. The molecule has 3 aromatic heterocycles. The maximum absolute atomic E-state index is 5.03. The third-order valence-corrected chi connectivity index (χ3v) is 10.5. The van der Waals surface area contributed by atoms with E-state index in [4.69, 9.17) is 4.98 Å². The van der Waals surface area contributed by atoms with E-state index in [2.05, 4.69) is 143 Å². The van der Waals surface area contributed by atoms with E-state index in [-0.39, 0.29) is 0 Å². The molecule has 0 atom stereocenters. The summed E-state index contributed by atoms with van der Waals surface area (Å²) in [4.78, 5) is 9.70. The van der Waals surface area contributed by atoms with E-state index >= 15 is 0 Å². The van der Waals surface area contributed by atoms with Crippen LogP contribution in [0.1, 0.15) is 22.3 Å². The van der Waals surface area contributed by atoms with Gasteiger partial charge in [0.15, 0.2) is 0 Å². The molecule has 0 saturated carbocycles. The third kappa shape index (κ3) is 2.84. The van der Waals surface area contributed by atoms with Crippen molar-refractivity contribution in [1.29, 1.82) is 0 Å². The number of benzene rings is 6. The molecular weight excluding hydrogens is 558 g/mol. The fourth-order valence-electron chi connectivity index (χ4n) is 8.65. The fraction of sp³-hybridized carbons (Fsp3) is 0.0233. The highest BCUT2D eigenvalue weighted by Crippen LogP contribution is 2.61. The largest absolute Gasteiger partial charge is 0.309 e. The van der Waals surface area contributed by atoms with E-state index in [1.54, 1.807) is 0 Å². The molecule has 0 saturated heterocycles. The van der Waals surface area contributed by atoms with Gasteiger partial charge in [-0.15, -0.1) is 0 Å². The van der Waals surface area contributed by atoms with Crippen LogP contribution in [0.15, 0.2) is 152 Å². The van der Waals surface area contributed by atoms with Crippen LogP contribution in [0.3, 0.4) is 0 Å². The summed E-state index contributed by atoms with van der Waals surface area (Å²) in [6.45, 7) is 0. The van der Waals surface area contributed by atoms with Crippen LogP contribution < -0.4 is 0 Å². The second-order valence-electron chi connectivity index (χ2n) is 12.6. The van der Waals surface area contributed by atoms with E-state index in [0.29, 0.717) is 0 Å². The lowest BCUT2D eigenvalue weighted by molar-refractivity contribution is 0.748. The molecule has 11 rings (SSSR count). The van der Waals surface area contributed by atoms with Gasteiger partial charge < -0.3 is 4.57 Å². The zero-order valence-electron chi connectivity index (χ0n) is 24.8. The Morgan fingerprint density at radius 2 is 1.24 bits per heavy atom. The lowest BCUT2D eigenvalue weighted by Crippen LogP contribution is -2.33. The number of rotatable bonds is 1. The first-order valence-corrected chi connectivity index (χ1v) is 15.8. The lowest BCUT2D eigenvalue weighted by atomic mass is 9.65. The highest BCUT2D eigenvalue weighted by atomic mass is 15.0. The number of hydrogen-bond donors (Lipinski definition) is 0. The molecule has 0 bridgehead atoms. The minimum absolute atomic E-state index is 0.438. The van der Waals surface area contributed by atoms with Crippen molar-refractivity contribution in [2.45, 2.75) is 5.41 Å². The number of hydrogen-bond acceptors (Lipinski definition) is 2. The summed E-state index contributed by atoms with van der Waals surface area (Å²) in [5.41, 5.74) is 14.3. The first kappa shape index (κ1) is 24.3. The monoisotopic (exact) mass is 583 g/mol. The predicted octanol–water partition coefficient (Wildman–Crippen LogP) is 10.2. The first-order valence-electron chi connectivity index (χ1n) is 15.8. The Hall–Kier alpha value is -6.06. The maximum Gasteiger partial charge on any atom is 0.0795 e. The molecule has 46 heavy (non-hydrogen) atoms. The van der Waals surface area contributed by atoms with E-state index < -0.39 is 5.41 Å². The summed E-state index contributed by atoms with van der Waals surface area (Å²) in [6, 6.07) is 51.4. The predicted molar refractivity (Wildman–Crippen MR) is 188 cm³/mol. The molecule has 1 spiro atoms. The minimum atomic E-state index is -0.438. The molecule has 1 aliphatic carbocycles. The highest BCUT2D eigenvalue weighted by molar-refractivity contribution is 6.13. The molecule has 0 radical (unpaired) electrons. The molecule has 3 nitrogen and oxygen atoms in total. The number of aromatic nitrogens is 3. The molecule has 6 aromatic carbocycles. The Balaban J connectivity index is 1.27. The van der Waals surface area contributed by atoms with Gasteiger partial charge in [0.2, 0.25) is 0 Å². The summed E-state index contributed by atoms with van der Waals surface area (Å²) in [7, 11) is 0. The van der Waals surface area contributed by atoms with Gasteiger partial charge in [0, 0.05) is 39.5 Å². The van der Waals surface area contributed by atoms with Crippen LogP contribution in [-0.4, -0.2) is 14.5 Å². The zero-order valence-corrected chi connectivity index (χ0v) is 24.8. The number of pyridine rings is 2. The Labute approximate surface area is 265 Å². The second-order valence-corrected chi connectivity index (χ2v) is 12.6. The van der Waals surface area contributed by atoms with Gasteiger partial charge in [-0.2, -0.15) is 0 Å². The van der Waals surface area contributed by atoms with Crippen LogP contribution in [0.2, 0.25) is 0 Å². The smallest absolute Gasteiger partial charge is 0.0795 e. The number of para-hydroxylation sites is 2. The summed E-state index contributed by atoms with van der Waals surface area (Å²) in [5.74, 6) is 0. The Bertz CT molecular complexity index is 2720. The van der Waals surface area contributed by atoms with Crippen LogP contribution >= 0.6 is 0 Å². The van der Waals surface area contributed by atoms with Crippen LogP contribution in [0.5, 0.6) is 0 Å². The fourth-order valence-corrected chi connectivity index (χ4v) is 8.65. The van der Waals surface area contributed by atoms with Crippen molar-refractivity contribution in [2.75, 3.05) is 0 Å². The molecule has 1 aliphatic heterocycles. The Morgan fingerprint density at radius 1 is 0.500 bits per heavy atom. The Kier molecular flexibility index (Phi) is 4.52. The molecule has 3 heteroatoms. The van der Waals surface area contributed by atoms with Crippen LogP contribution in [-0.2, 0) is 5.41 Å². The standard InChI is InChI=1S/C43H25N3/c1-4-14-34-29(10-1)30-11-2-5-15-35(30)43(34)36-21-20-28(38-23-27-19-18-26-9-8-22-44-41(26)33(27)25-45-38)24-40(36)46-39-17-6-3-12-31(39)32-13-7-16-37(43)42(32)46/h1-25H. The van der Waals surface area contributed by atoms with E-state index in [9.17, 15) is 0 Å². The molecule has 4 heterocycles. The van der Waals surface area contributed by atoms with Crippen molar-refractivity contribution in [3.63, 3.8) is 0 Å². The zero-order chi connectivity index (χ0) is 30.0. The number of fused-ring (bicyclic) bond motifs is 15. The van der Waals surface area contributed by atoms with Gasteiger partial charge in [-0.3, -0.25) is 9.97 Å². The third-order valence-electron chi connectivity index (χ3n) is 10.5. The second kappa shape index (κ2) is 8.56. The van der Waals surface area contributed by atoms with Crippen molar-refractivity contribution in [3.05, 3.63) is 174 Å². The van der Waals surface area contributed by atoms with Crippen LogP contribution in [0.4, 0.5) is 0 Å². The molecule has 0 unspecified atom stereocenters. The summed E-state index contributed by atoms with van der Waals surface area (Å²) in [6.07, 6.45) is 3.84.